The molecule has 0 atom stereocenters. The number of piperidine rings is 1. The molecule has 1 aromatic carbocycles. The van der Waals surface area contributed by atoms with Crippen molar-refractivity contribution in [1.29, 1.82) is 0 Å². The Kier molecular flexibility index (Phi) is 6.76. The fraction of sp³-hybridized carbons (Fsp3) is 0.522. The quantitative estimate of drug-likeness (QED) is 0.779. The van der Waals surface area contributed by atoms with E-state index < -0.39 is 10.0 Å². The lowest BCUT2D eigenvalue weighted by molar-refractivity contribution is 0.177. The number of nitrogens with zero attached hydrogens (tertiary/aromatic N) is 2. The maximum atomic E-state index is 13.1. The molecule has 2 heterocycles. The van der Waals surface area contributed by atoms with Gasteiger partial charge in [-0.3, -0.25) is 9.88 Å². The molecule has 158 valence electrons. The van der Waals surface area contributed by atoms with Crippen molar-refractivity contribution in [2.45, 2.75) is 58.9 Å². The lowest BCUT2D eigenvalue weighted by Gasteiger charge is -2.31. The van der Waals surface area contributed by atoms with Crippen LogP contribution in [0.25, 0.3) is 0 Å². The molecule has 3 rings (SSSR count). The number of hydrogen-bond acceptors (Lipinski definition) is 4. The van der Waals surface area contributed by atoms with Gasteiger partial charge in [0.15, 0.2) is 0 Å². The van der Waals surface area contributed by atoms with Crippen molar-refractivity contribution in [2.75, 3.05) is 19.6 Å². The minimum Gasteiger partial charge on any atom is -0.297 e. The lowest BCUT2D eigenvalue weighted by Crippen LogP contribution is -2.38. The molecule has 6 heteroatoms. The Morgan fingerprint density at radius 2 is 1.55 bits per heavy atom. The van der Waals surface area contributed by atoms with E-state index in [1.54, 1.807) is 0 Å². The molecule has 1 aliphatic heterocycles. The van der Waals surface area contributed by atoms with E-state index in [4.69, 9.17) is 0 Å². The number of benzene rings is 1. The van der Waals surface area contributed by atoms with Crippen molar-refractivity contribution in [1.82, 2.24) is 14.6 Å². The fourth-order valence-corrected chi connectivity index (χ4v) is 5.95. The van der Waals surface area contributed by atoms with Crippen LogP contribution in [0.15, 0.2) is 29.3 Å². The molecule has 5 nitrogen and oxygen atoms in total. The Morgan fingerprint density at radius 1 is 0.966 bits per heavy atom. The van der Waals surface area contributed by atoms with Gasteiger partial charge in [0.05, 0.1) is 10.6 Å². The first-order chi connectivity index (χ1) is 13.7. The number of nitrogens with one attached hydrogen (secondary N) is 1. The van der Waals surface area contributed by atoms with E-state index in [9.17, 15) is 8.42 Å². The summed E-state index contributed by atoms with van der Waals surface area (Å²) in [6, 6.07) is 6.00. The molecule has 1 N–H and O–H groups in total. The second-order valence-corrected chi connectivity index (χ2v) is 10.1. The first kappa shape index (κ1) is 21.9. The summed E-state index contributed by atoms with van der Waals surface area (Å²) in [7, 11) is -3.52. The molecule has 1 saturated heterocycles. The Balaban J connectivity index is 1.61. The number of pyridine rings is 1. The van der Waals surface area contributed by atoms with Crippen molar-refractivity contribution in [3.05, 3.63) is 57.9 Å². The van der Waals surface area contributed by atoms with Gasteiger partial charge in [-0.2, -0.15) is 0 Å². The van der Waals surface area contributed by atoms with Gasteiger partial charge in [0.2, 0.25) is 10.0 Å². The van der Waals surface area contributed by atoms with Crippen LogP contribution < -0.4 is 4.72 Å². The highest BCUT2D eigenvalue weighted by Gasteiger charge is 2.26. The summed E-state index contributed by atoms with van der Waals surface area (Å²) in [5, 5.41) is 0. The standard InChI is InChI=1S/C23H33N3O2S/c1-16-17(2)19(4)23(20(5)18(16)3)29(27,28)25-14-21-9-12-26(13-10-21)15-22-8-6-7-11-24-22/h6-8,11,21,25H,9-10,12-15H2,1-5H3. The van der Waals surface area contributed by atoms with E-state index in [0.29, 0.717) is 17.4 Å². The van der Waals surface area contributed by atoms with E-state index >= 15 is 0 Å². The first-order valence-corrected chi connectivity index (χ1v) is 11.9. The second kappa shape index (κ2) is 8.94. The fourth-order valence-electron chi connectivity index (χ4n) is 4.24. The third-order valence-electron chi connectivity index (χ3n) is 6.58. The van der Waals surface area contributed by atoms with E-state index in [2.05, 4.69) is 27.6 Å². The minimum absolute atomic E-state index is 0.373. The van der Waals surface area contributed by atoms with Gasteiger partial charge in [0, 0.05) is 19.3 Å². The van der Waals surface area contributed by atoms with Gasteiger partial charge in [0.25, 0.3) is 0 Å². The smallest absolute Gasteiger partial charge is 0.241 e. The Morgan fingerprint density at radius 3 is 2.10 bits per heavy atom. The summed E-state index contributed by atoms with van der Waals surface area (Å²) in [5.74, 6) is 0.373. The molecular formula is C23H33N3O2S. The van der Waals surface area contributed by atoms with Crippen molar-refractivity contribution in [3.63, 3.8) is 0 Å². The molecule has 0 bridgehead atoms. The summed E-state index contributed by atoms with van der Waals surface area (Å²) in [5.41, 5.74) is 6.13. The van der Waals surface area contributed by atoms with Crippen LogP contribution in [0.4, 0.5) is 0 Å². The Hall–Kier alpha value is -1.76. The number of hydrogen-bond donors (Lipinski definition) is 1. The third-order valence-corrected chi connectivity index (χ3v) is 8.28. The molecule has 0 aliphatic carbocycles. The summed E-state index contributed by atoms with van der Waals surface area (Å²) in [6.45, 7) is 13.2. The van der Waals surface area contributed by atoms with E-state index in [1.165, 1.54) is 5.56 Å². The highest BCUT2D eigenvalue weighted by atomic mass is 32.2. The number of likely N-dealkylation sites (tertiary alicyclic amines) is 1. The third kappa shape index (κ3) is 4.87. The molecule has 0 spiro atoms. The maximum absolute atomic E-state index is 13.1. The molecule has 29 heavy (non-hydrogen) atoms. The van der Waals surface area contributed by atoms with Crippen LogP contribution in [0.2, 0.25) is 0 Å². The summed E-state index contributed by atoms with van der Waals surface area (Å²) >= 11 is 0. The zero-order valence-corrected chi connectivity index (χ0v) is 19.1. The summed E-state index contributed by atoms with van der Waals surface area (Å²) < 4.78 is 29.1. The number of aromatic nitrogens is 1. The zero-order chi connectivity index (χ0) is 21.2. The van der Waals surface area contributed by atoms with Crippen LogP contribution in [0.1, 0.15) is 46.4 Å². The average Bonchev–Trinajstić information content (AvgIpc) is 2.71. The van der Waals surface area contributed by atoms with E-state index in [1.807, 2.05) is 46.0 Å². The molecule has 0 radical (unpaired) electrons. The van der Waals surface area contributed by atoms with Gasteiger partial charge in [-0.15, -0.1) is 0 Å². The number of sulfonamides is 1. The van der Waals surface area contributed by atoms with Gasteiger partial charge in [0.1, 0.15) is 0 Å². The van der Waals surface area contributed by atoms with Crippen molar-refractivity contribution >= 4 is 10.0 Å². The topological polar surface area (TPSA) is 62.3 Å². The van der Waals surface area contributed by atoms with Crippen LogP contribution in [-0.2, 0) is 16.6 Å². The molecule has 1 aliphatic rings. The molecule has 2 aromatic rings. The predicted molar refractivity (Wildman–Crippen MR) is 118 cm³/mol. The number of rotatable bonds is 6. The minimum atomic E-state index is -3.52. The first-order valence-electron chi connectivity index (χ1n) is 10.4. The largest absolute Gasteiger partial charge is 0.297 e. The highest BCUT2D eigenvalue weighted by Crippen LogP contribution is 2.29. The molecule has 0 unspecified atom stereocenters. The van der Waals surface area contributed by atoms with Gasteiger partial charge < -0.3 is 0 Å². The normalized spacial score (nSPS) is 16.3. The maximum Gasteiger partial charge on any atom is 0.241 e. The van der Waals surface area contributed by atoms with Crippen LogP contribution in [-0.4, -0.2) is 37.9 Å². The van der Waals surface area contributed by atoms with Gasteiger partial charge in [-0.25, -0.2) is 13.1 Å². The van der Waals surface area contributed by atoms with Crippen LogP contribution in [0.3, 0.4) is 0 Å². The van der Waals surface area contributed by atoms with E-state index in [-0.39, 0.29) is 0 Å². The monoisotopic (exact) mass is 415 g/mol. The van der Waals surface area contributed by atoms with Crippen molar-refractivity contribution in [3.8, 4) is 0 Å². The zero-order valence-electron chi connectivity index (χ0n) is 18.2. The molecule has 0 amide bonds. The lowest BCUT2D eigenvalue weighted by atomic mass is 9.95. The molecule has 1 fully saturated rings. The second-order valence-electron chi connectivity index (χ2n) is 8.35. The van der Waals surface area contributed by atoms with Gasteiger partial charge in [-0.1, -0.05) is 6.07 Å². The van der Waals surface area contributed by atoms with Crippen LogP contribution >= 0.6 is 0 Å². The predicted octanol–water partition coefficient (Wildman–Crippen LogP) is 3.81. The Bertz CT molecular complexity index is 934. The Labute approximate surface area is 175 Å². The van der Waals surface area contributed by atoms with Crippen molar-refractivity contribution in [2.24, 2.45) is 5.92 Å². The summed E-state index contributed by atoms with van der Waals surface area (Å²) in [4.78, 5) is 7.26. The van der Waals surface area contributed by atoms with Crippen LogP contribution in [0, 0.1) is 40.5 Å². The summed E-state index contributed by atoms with van der Waals surface area (Å²) in [6.07, 6.45) is 3.83. The van der Waals surface area contributed by atoms with Gasteiger partial charge in [-0.05, 0) is 106 Å². The average molecular weight is 416 g/mol. The van der Waals surface area contributed by atoms with Gasteiger partial charge >= 0.3 is 0 Å². The van der Waals surface area contributed by atoms with Crippen molar-refractivity contribution < 1.29 is 8.42 Å². The molecular weight excluding hydrogens is 382 g/mol. The van der Waals surface area contributed by atoms with E-state index in [0.717, 1.165) is 60.4 Å². The van der Waals surface area contributed by atoms with Crippen LogP contribution in [0.5, 0.6) is 0 Å². The highest BCUT2D eigenvalue weighted by molar-refractivity contribution is 7.89. The molecule has 1 aromatic heterocycles. The molecule has 0 saturated carbocycles. The SMILES string of the molecule is Cc1c(C)c(C)c(S(=O)(=O)NCC2CCN(Cc3ccccn3)CC2)c(C)c1C.